The van der Waals surface area contributed by atoms with Crippen molar-refractivity contribution in [2.75, 3.05) is 9.80 Å². The van der Waals surface area contributed by atoms with E-state index in [1.807, 2.05) is 12.1 Å². The summed E-state index contributed by atoms with van der Waals surface area (Å²) < 4.78 is 177. The molecule has 0 aliphatic heterocycles. The van der Waals surface area contributed by atoms with Crippen molar-refractivity contribution in [3.63, 3.8) is 0 Å². The third-order valence-corrected chi connectivity index (χ3v) is 15.0. The van der Waals surface area contributed by atoms with Crippen LogP contribution in [0.4, 0.5) is 86.8 Å². The topological polar surface area (TPSA) is 92.7 Å². The molecule has 12 aromatic rings. The molecule has 0 saturated carbocycles. The van der Waals surface area contributed by atoms with Gasteiger partial charge in [0.15, 0.2) is 0 Å². The predicted molar refractivity (Wildman–Crippen MR) is 301 cm³/mol. The second-order valence-electron chi connectivity index (χ2n) is 19.3. The molecule has 0 aliphatic carbocycles. The normalized spacial score (nSPS) is 12.3. The molecule has 4 heterocycles. The van der Waals surface area contributed by atoms with Crippen molar-refractivity contribution in [1.29, 1.82) is 0 Å². The largest absolute Gasteiger partial charge is 0.422 e. The van der Waals surface area contributed by atoms with Crippen molar-refractivity contribution in [3.05, 3.63) is 249 Å². The van der Waals surface area contributed by atoms with Crippen LogP contribution in [0.1, 0.15) is 22.3 Å². The number of thiazole rings is 1. The number of rotatable bonds is 10. The Morgan fingerprint density at radius 3 is 1.13 bits per heavy atom. The number of para-hydroxylation sites is 1. The minimum atomic E-state index is -4.69. The third-order valence-electron chi connectivity index (χ3n) is 14.0. The van der Waals surface area contributed by atoms with Crippen LogP contribution in [0.2, 0.25) is 0 Å². The quantitative estimate of drug-likeness (QED) is 0.0988. The van der Waals surface area contributed by atoms with Gasteiger partial charge in [-0.1, -0.05) is 18.2 Å². The zero-order chi connectivity index (χ0) is 59.7. The first-order valence-corrected chi connectivity index (χ1v) is 26.2. The first kappa shape index (κ1) is 55.5. The Hall–Kier alpha value is -10.0. The van der Waals surface area contributed by atoms with Crippen LogP contribution in [-0.4, -0.2) is 9.97 Å². The lowest BCUT2D eigenvalue weighted by Gasteiger charge is -2.26. The van der Waals surface area contributed by atoms with Crippen LogP contribution in [0.5, 0.6) is 0 Å². The highest BCUT2D eigenvalue weighted by atomic mass is 32.1. The zero-order valence-electron chi connectivity index (χ0n) is 43.0. The van der Waals surface area contributed by atoms with Gasteiger partial charge in [-0.3, -0.25) is 4.98 Å². The molecular formula is C64H34F12N4O4S. The number of hydrogen-bond acceptors (Lipinski definition) is 9. The average molecular weight is 1180 g/mol. The van der Waals surface area contributed by atoms with Gasteiger partial charge in [0.25, 0.3) is 0 Å². The molecule has 4 aromatic heterocycles. The van der Waals surface area contributed by atoms with Crippen molar-refractivity contribution >= 4 is 77.6 Å². The second kappa shape index (κ2) is 21.0. The van der Waals surface area contributed by atoms with E-state index in [-0.39, 0.29) is 67.5 Å². The van der Waals surface area contributed by atoms with E-state index in [0.29, 0.717) is 38.1 Å². The Labute approximate surface area is 475 Å². The number of fused-ring (bicyclic) bond motifs is 3. The van der Waals surface area contributed by atoms with Crippen molar-refractivity contribution in [3.8, 4) is 44.1 Å². The fourth-order valence-electron chi connectivity index (χ4n) is 9.89. The summed E-state index contributed by atoms with van der Waals surface area (Å²) in [4.78, 5) is 41.6. The van der Waals surface area contributed by atoms with E-state index in [1.165, 1.54) is 39.5 Å². The van der Waals surface area contributed by atoms with Gasteiger partial charge >= 0.3 is 36.0 Å². The maximum absolute atomic E-state index is 14.7. The Kier molecular flexibility index (Phi) is 13.7. The number of hydrogen-bond donors (Lipinski definition) is 0. The van der Waals surface area contributed by atoms with E-state index in [2.05, 4.69) is 4.98 Å². The van der Waals surface area contributed by atoms with Gasteiger partial charge in [0, 0.05) is 74.4 Å². The van der Waals surface area contributed by atoms with Crippen LogP contribution in [0.15, 0.2) is 225 Å². The monoisotopic (exact) mass is 1180 g/mol. The molecule has 8 aromatic carbocycles. The van der Waals surface area contributed by atoms with E-state index in [4.69, 9.17) is 13.8 Å². The van der Waals surface area contributed by atoms with Crippen molar-refractivity contribution in [2.45, 2.75) is 24.7 Å². The molecule has 0 fully saturated rings. The van der Waals surface area contributed by atoms with Crippen molar-refractivity contribution in [1.82, 2.24) is 9.97 Å². The number of aromatic nitrogens is 2. The number of nitrogens with zero attached hydrogens (tertiary/aromatic N) is 4. The van der Waals surface area contributed by atoms with Gasteiger partial charge in [-0.25, -0.2) is 14.6 Å². The smallest absolute Gasteiger partial charge is 0.416 e. The molecule has 0 N–H and O–H groups in total. The summed E-state index contributed by atoms with van der Waals surface area (Å²) in [6, 6.07) is 43.8. The Morgan fingerprint density at radius 2 is 0.741 bits per heavy atom. The molecule has 0 saturated heterocycles. The van der Waals surface area contributed by atoms with Crippen molar-refractivity contribution < 1.29 is 61.5 Å². The highest BCUT2D eigenvalue weighted by molar-refractivity contribution is 7.21. The molecule has 8 nitrogen and oxygen atoms in total. The zero-order valence-corrected chi connectivity index (χ0v) is 43.8. The van der Waals surface area contributed by atoms with Gasteiger partial charge < -0.3 is 18.6 Å². The summed E-state index contributed by atoms with van der Waals surface area (Å²) in [6.45, 7) is 0. The summed E-state index contributed by atoms with van der Waals surface area (Å²) in [5.41, 5.74) is -2.41. The highest BCUT2D eigenvalue weighted by Gasteiger charge is 2.34. The number of halogens is 12. The van der Waals surface area contributed by atoms with E-state index < -0.39 is 58.2 Å². The Bertz CT molecular complexity index is 4490. The number of pyridine rings is 1. The molecule has 0 aliphatic rings. The standard InChI is InChI=1S/C64H34F12N4O4S/c65-61(66,67)37-10-20-41(21-11-37)79(42-22-12-38(13-23-42)62(68,69)70)45-18-8-35-29-51(59(81)83-55(35)31-45)47-34-50(58-78-54-6-1-2-7-57(54)85-58)48(33-49(47)53-5-3-4-28-77-53)52-30-36-9-19-46(32-56(36)84-60(52)82)80(43-24-14-39(15-25-43)63(71,72)73)44-26-16-40(17-27-44)64(74,75)76/h1-34H. The highest BCUT2D eigenvalue weighted by Crippen LogP contribution is 2.46. The van der Waals surface area contributed by atoms with E-state index in [0.717, 1.165) is 102 Å². The molecule has 0 radical (unpaired) electrons. The first-order chi connectivity index (χ1) is 40.4. The molecule has 0 bridgehead atoms. The van der Waals surface area contributed by atoms with Crippen molar-refractivity contribution in [2.24, 2.45) is 0 Å². The Morgan fingerprint density at radius 1 is 0.365 bits per heavy atom. The van der Waals surface area contributed by atoms with Crippen LogP contribution in [0, 0.1) is 0 Å². The van der Waals surface area contributed by atoms with Crippen LogP contribution < -0.4 is 21.1 Å². The second-order valence-corrected chi connectivity index (χ2v) is 20.4. The Balaban J connectivity index is 1.00. The molecule has 21 heteroatoms. The lowest BCUT2D eigenvalue weighted by Crippen LogP contribution is -2.12. The molecule has 85 heavy (non-hydrogen) atoms. The van der Waals surface area contributed by atoms with Gasteiger partial charge in [-0.05, 0) is 181 Å². The third kappa shape index (κ3) is 11.0. The predicted octanol–water partition coefficient (Wildman–Crippen LogP) is 19.6. The summed E-state index contributed by atoms with van der Waals surface area (Å²) in [5, 5.41) is 1.10. The fraction of sp³-hybridized carbons (Fsp3) is 0.0625. The summed E-state index contributed by atoms with van der Waals surface area (Å²) >= 11 is 1.28. The van der Waals surface area contributed by atoms with Crippen LogP contribution in [0.25, 0.3) is 76.2 Å². The molecule has 0 spiro atoms. The van der Waals surface area contributed by atoms with Gasteiger partial charge in [0.1, 0.15) is 16.2 Å². The minimum absolute atomic E-state index is 0.00282. The van der Waals surface area contributed by atoms with Crippen LogP contribution in [-0.2, 0) is 24.7 Å². The first-order valence-electron chi connectivity index (χ1n) is 25.4. The van der Waals surface area contributed by atoms with Gasteiger partial charge in [-0.15, -0.1) is 11.3 Å². The minimum Gasteiger partial charge on any atom is -0.422 e. The summed E-state index contributed by atoms with van der Waals surface area (Å²) in [6.07, 6.45) is -17.2. The summed E-state index contributed by atoms with van der Waals surface area (Å²) in [5.74, 6) is 0. The molecule has 12 rings (SSSR count). The van der Waals surface area contributed by atoms with Crippen LogP contribution >= 0.6 is 11.3 Å². The van der Waals surface area contributed by atoms with Crippen LogP contribution in [0.3, 0.4) is 0 Å². The van der Waals surface area contributed by atoms with E-state index in [9.17, 15) is 62.3 Å². The lowest BCUT2D eigenvalue weighted by molar-refractivity contribution is -0.138. The maximum atomic E-state index is 14.7. The number of alkyl halides is 12. The maximum Gasteiger partial charge on any atom is 0.416 e. The molecule has 0 unspecified atom stereocenters. The number of benzene rings is 8. The SMILES string of the molecule is O=c1oc2cc(N(c3ccc(C(F)(F)F)cc3)c3ccc(C(F)(F)F)cc3)ccc2cc1-c1cc(-c2nc3ccccc3s2)c(-c2cc3ccc(N(c4ccc(C(F)(F)F)cc4)c4ccc(C(F)(F)F)cc4)cc3oc2=O)cc1-c1ccccn1. The number of anilines is 6. The molecule has 0 amide bonds. The summed E-state index contributed by atoms with van der Waals surface area (Å²) in [7, 11) is 0. The molecular weight excluding hydrogens is 1150 g/mol. The fourth-order valence-corrected chi connectivity index (χ4v) is 10.9. The van der Waals surface area contributed by atoms with Gasteiger partial charge in [-0.2, -0.15) is 52.7 Å². The van der Waals surface area contributed by atoms with E-state index in [1.54, 1.807) is 78.9 Å². The molecule has 424 valence electrons. The van der Waals surface area contributed by atoms with Gasteiger partial charge in [0.2, 0.25) is 0 Å². The molecule has 0 atom stereocenters. The lowest BCUT2D eigenvalue weighted by atomic mass is 9.89. The van der Waals surface area contributed by atoms with E-state index >= 15 is 0 Å². The van der Waals surface area contributed by atoms with Gasteiger partial charge in [0.05, 0.1) is 49.3 Å². The average Bonchev–Trinajstić information content (AvgIpc) is 3.58.